The molecule has 4 aromatic carbocycles. The standard InChI is InChI=1S/C38H36N2O2/c1-5-23(3)27-19-33(31-17-15-25-11-7-9-13-29(25)37(31)41)39-35(21-27)36-22-28(24(4)6-2)20-34(40-36)32-18-16-26-12-8-10-14-30(26)38(32)42/h7-24,41-42H,5-6H2,1-4H3. The minimum atomic E-state index is 0.232. The largest absolute Gasteiger partial charge is 0.507 e. The number of fused-ring (bicyclic) bond motifs is 2. The Balaban J connectivity index is 1.57. The molecule has 210 valence electrons. The van der Waals surface area contributed by atoms with Gasteiger partial charge in [-0.2, -0.15) is 0 Å². The molecular formula is C38H36N2O2. The molecule has 0 aliphatic rings. The van der Waals surface area contributed by atoms with E-state index in [0.717, 1.165) is 68.3 Å². The fourth-order valence-electron chi connectivity index (χ4n) is 5.61. The average molecular weight is 553 g/mol. The molecule has 4 nitrogen and oxygen atoms in total. The summed E-state index contributed by atoms with van der Waals surface area (Å²) in [5.74, 6) is 1.07. The van der Waals surface area contributed by atoms with Crippen LogP contribution in [0.1, 0.15) is 63.5 Å². The van der Waals surface area contributed by atoms with Crippen LogP contribution in [-0.2, 0) is 0 Å². The highest BCUT2D eigenvalue weighted by Crippen LogP contribution is 2.40. The van der Waals surface area contributed by atoms with Crippen LogP contribution in [0, 0.1) is 0 Å². The number of aromatic hydroxyl groups is 2. The van der Waals surface area contributed by atoms with Crippen molar-refractivity contribution in [1.29, 1.82) is 0 Å². The number of phenolic OH excluding ortho intramolecular Hbond substituents is 2. The van der Waals surface area contributed by atoms with Crippen LogP contribution in [0.2, 0.25) is 0 Å². The van der Waals surface area contributed by atoms with Crippen LogP contribution in [0.4, 0.5) is 0 Å². The number of rotatable bonds is 7. The molecule has 6 aromatic rings. The third-order valence-electron chi connectivity index (χ3n) is 8.67. The lowest BCUT2D eigenvalue weighted by Crippen LogP contribution is -2.01. The monoisotopic (exact) mass is 552 g/mol. The molecule has 2 aromatic heterocycles. The van der Waals surface area contributed by atoms with E-state index in [4.69, 9.17) is 9.97 Å². The first-order valence-corrected chi connectivity index (χ1v) is 14.8. The Hall–Kier alpha value is -4.70. The van der Waals surface area contributed by atoms with Gasteiger partial charge in [-0.05, 0) is 83.0 Å². The zero-order chi connectivity index (χ0) is 29.4. The predicted molar refractivity (Wildman–Crippen MR) is 174 cm³/mol. The van der Waals surface area contributed by atoms with Gasteiger partial charge in [0.1, 0.15) is 11.5 Å². The van der Waals surface area contributed by atoms with Gasteiger partial charge in [-0.3, -0.25) is 0 Å². The van der Waals surface area contributed by atoms with Crippen molar-refractivity contribution in [3.63, 3.8) is 0 Å². The van der Waals surface area contributed by atoms with Crippen LogP contribution in [0.3, 0.4) is 0 Å². The maximum absolute atomic E-state index is 11.3. The third-order valence-corrected chi connectivity index (χ3v) is 8.67. The first-order chi connectivity index (χ1) is 20.4. The number of benzene rings is 4. The SMILES string of the molecule is CCC(C)c1cc(-c2cc(C(C)CC)cc(-c3ccc4ccccc4c3O)n2)nc(-c2ccc3ccccc3c2O)c1. The van der Waals surface area contributed by atoms with Crippen LogP contribution in [0.25, 0.3) is 55.4 Å². The van der Waals surface area contributed by atoms with Crippen LogP contribution in [-0.4, -0.2) is 20.2 Å². The molecule has 6 rings (SSSR count). The Morgan fingerprint density at radius 1 is 0.524 bits per heavy atom. The summed E-state index contributed by atoms with van der Waals surface area (Å²) in [5.41, 5.74) is 6.64. The lowest BCUT2D eigenvalue weighted by molar-refractivity contribution is 0.483. The third kappa shape index (κ3) is 4.98. The van der Waals surface area contributed by atoms with Crippen molar-refractivity contribution in [3.05, 3.63) is 108 Å². The van der Waals surface area contributed by atoms with Crippen LogP contribution in [0.15, 0.2) is 97.1 Å². The first-order valence-electron chi connectivity index (χ1n) is 14.8. The summed E-state index contributed by atoms with van der Waals surface area (Å²) in [5, 5.41) is 26.2. The minimum absolute atomic E-state index is 0.232. The molecule has 0 aliphatic heterocycles. The van der Waals surface area contributed by atoms with E-state index in [0.29, 0.717) is 23.0 Å². The van der Waals surface area contributed by atoms with Crippen molar-refractivity contribution in [3.8, 4) is 45.4 Å². The molecule has 0 fully saturated rings. The number of aromatic nitrogens is 2. The van der Waals surface area contributed by atoms with Crippen molar-refractivity contribution in [2.24, 2.45) is 0 Å². The van der Waals surface area contributed by atoms with E-state index in [2.05, 4.69) is 52.0 Å². The molecule has 2 unspecified atom stereocenters. The Morgan fingerprint density at radius 3 is 1.31 bits per heavy atom. The van der Waals surface area contributed by atoms with E-state index in [1.54, 1.807) is 0 Å². The van der Waals surface area contributed by atoms with Gasteiger partial charge >= 0.3 is 0 Å². The van der Waals surface area contributed by atoms with Gasteiger partial charge in [0.2, 0.25) is 0 Å². The molecule has 0 saturated carbocycles. The topological polar surface area (TPSA) is 66.2 Å². The molecule has 4 heteroatoms. The normalized spacial score (nSPS) is 13.0. The molecule has 2 atom stereocenters. The van der Waals surface area contributed by atoms with E-state index in [1.165, 1.54) is 0 Å². The molecule has 42 heavy (non-hydrogen) atoms. The number of phenols is 2. The van der Waals surface area contributed by atoms with Gasteiger partial charge in [0.15, 0.2) is 0 Å². The fourth-order valence-corrected chi connectivity index (χ4v) is 5.61. The summed E-state index contributed by atoms with van der Waals surface area (Å²) in [4.78, 5) is 10.2. The first kappa shape index (κ1) is 27.5. The molecule has 0 aliphatic carbocycles. The van der Waals surface area contributed by atoms with Crippen molar-refractivity contribution in [2.75, 3.05) is 0 Å². The van der Waals surface area contributed by atoms with Gasteiger partial charge in [-0.1, -0.05) is 88.4 Å². The Labute approximate surface area is 247 Å². The quantitative estimate of drug-likeness (QED) is 0.207. The molecule has 2 N–H and O–H groups in total. The highest BCUT2D eigenvalue weighted by Gasteiger charge is 2.19. The average Bonchev–Trinajstić information content (AvgIpc) is 3.04. The second kappa shape index (κ2) is 11.3. The maximum Gasteiger partial charge on any atom is 0.132 e. The molecule has 0 bridgehead atoms. The number of hydrogen-bond acceptors (Lipinski definition) is 4. The predicted octanol–water partition coefficient (Wildman–Crippen LogP) is 10.2. The van der Waals surface area contributed by atoms with Gasteiger partial charge in [-0.25, -0.2) is 9.97 Å². The zero-order valence-corrected chi connectivity index (χ0v) is 24.6. The Bertz CT molecular complexity index is 1790. The summed E-state index contributed by atoms with van der Waals surface area (Å²) in [6.45, 7) is 8.79. The van der Waals surface area contributed by atoms with Crippen LogP contribution in [0.5, 0.6) is 11.5 Å². The lowest BCUT2D eigenvalue weighted by atomic mass is 9.93. The Morgan fingerprint density at radius 2 is 0.905 bits per heavy atom. The van der Waals surface area contributed by atoms with E-state index < -0.39 is 0 Å². The van der Waals surface area contributed by atoms with E-state index in [9.17, 15) is 10.2 Å². The summed E-state index contributed by atoms with van der Waals surface area (Å²) in [6.07, 6.45) is 1.95. The Kier molecular flexibility index (Phi) is 7.38. The minimum Gasteiger partial charge on any atom is -0.507 e. The summed E-state index contributed by atoms with van der Waals surface area (Å²) >= 11 is 0. The molecule has 0 saturated heterocycles. The molecule has 0 spiro atoms. The summed E-state index contributed by atoms with van der Waals surface area (Å²) in [6, 6.07) is 32.1. The molecule has 2 heterocycles. The number of nitrogens with zero attached hydrogens (tertiary/aromatic N) is 2. The van der Waals surface area contributed by atoms with E-state index in [1.807, 2.05) is 72.8 Å². The van der Waals surface area contributed by atoms with Gasteiger partial charge in [0.25, 0.3) is 0 Å². The van der Waals surface area contributed by atoms with Crippen molar-refractivity contribution < 1.29 is 10.2 Å². The fraction of sp³-hybridized carbons (Fsp3) is 0.211. The van der Waals surface area contributed by atoms with Gasteiger partial charge in [0, 0.05) is 21.9 Å². The number of hydrogen-bond donors (Lipinski definition) is 2. The maximum atomic E-state index is 11.3. The van der Waals surface area contributed by atoms with Gasteiger partial charge in [-0.15, -0.1) is 0 Å². The van der Waals surface area contributed by atoms with E-state index >= 15 is 0 Å². The molecular weight excluding hydrogens is 516 g/mol. The van der Waals surface area contributed by atoms with Crippen LogP contribution < -0.4 is 0 Å². The van der Waals surface area contributed by atoms with Crippen molar-refractivity contribution >= 4 is 21.5 Å². The van der Waals surface area contributed by atoms with Crippen LogP contribution >= 0.6 is 0 Å². The zero-order valence-electron chi connectivity index (χ0n) is 24.6. The summed E-state index contributed by atoms with van der Waals surface area (Å²) in [7, 11) is 0. The van der Waals surface area contributed by atoms with Crippen molar-refractivity contribution in [2.45, 2.75) is 52.4 Å². The highest BCUT2D eigenvalue weighted by atomic mass is 16.3. The van der Waals surface area contributed by atoms with Gasteiger partial charge < -0.3 is 10.2 Å². The summed E-state index contributed by atoms with van der Waals surface area (Å²) < 4.78 is 0. The van der Waals surface area contributed by atoms with Gasteiger partial charge in [0.05, 0.1) is 22.8 Å². The van der Waals surface area contributed by atoms with E-state index in [-0.39, 0.29) is 11.5 Å². The van der Waals surface area contributed by atoms with Crippen molar-refractivity contribution in [1.82, 2.24) is 9.97 Å². The lowest BCUT2D eigenvalue weighted by Gasteiger charge is -2.17. The second-order valence-corrected chi connectivity index (χ2v) is 11.3. The highest BCUT2D eigenvalue weighted by molar-refractivity contribution is 5.95. The molecule has 0 amide bonds. The molecule has 0 radical (unpaired) electrons. The number of pyridine rings is 2. The second-order valence-electron chi connectivity index (χ2n) is 11.3. The smallest absolute Gasteiger partial charge is 0.132 e.